The Kier molecular flexibility index (Phi) is 6.36. The van der Waals surface area contributed by atoms with E-state index >= 15 is 0 Å². The summed E-state index contributed by atoms with van der Waals surface area (Å²) in [6.45, 7) is 2.92. The van der Waals surface area contributed by atoms with Gasteiger partial charge in [-0.2, -0.15) is 0 Å². The van der Waals surface area contributed by atoms with Crippen molar-refractivity contribution in [1.82, 2.24) is 10.6 Å². The molecule has 1 heterocycles. The Balaban J connectivity index is 2.00. The van der Waals surface area contributed by atoms with Crippen molar-refractivity contribution in [2.45, 2.75) is 32.1 Å². The molecular formula is C11H22N2O2. The van der Waals surface area contributed by atoms with E-state index in [1.54, 1.807) is 0 Å². The second kappa shape index (κ2) is 7.65. The van der Waals surface area contributed by atoms with Gasteiger partial charge in [-0.1, -0.05) is 0 Å². The molecule has 4 heteroatoms. The number of rotatable bonds is 6. The van der Waals surface area contributed by atoms with E-state index in [-0.39, 0.29) is 12.5 Å². The molecule has 4 nitrogen and oxygen atoms in total. The zero-order valence-electron chi connectivity index (χ0n) is 9.30. The van der Waals surface area contributed by atoms with E-state index in [0.29, 0.717) is 25.3 Å². The lowest BCUT2D eigenvalue weighted by Gasteiger charge is -2.22. The van der Waals surface area contributed by atoms with Crippen LogP contribution in [0.2, 0.25) is 0 Å². The molecule has 0 radical (unpaired) electrons. The lowest BCUT2D eigenvalue weighted by atomic mass is 9.94. The largest absolute Gasteiger partial charge is 0.396 e. The number of carbonyl (C=O) groups excluding carboxylic acids is 1. The number of amides is 1. The minimum atomic E-state index is 0.119. The Labute approximate surface area is 91.4 Å². The van der Waals surface area contributed by atoms with Crippen LogP contribution in [0.5, 0.6) is 0 Å². The summed E-state index contributed by atoms with van der Waals surface area (Å²) in [7, 11) is 0. The molecule has 1 unspecified atom stereocenters. The van der Waals surface area contributed by atoms with Gasteiger partial charge in [-0.3, -0.25) is 4.79 Å². The third kappa shape index (κ3) is 5.74. The van der Waals surface area contributed by atoms with Crippen LogP contribution in [0.1, 0.15) is 32.1 Å². The lowest BCUT2D eigenvalue weighted by molar-refractivity contribution is -0.121. The summed E-state index contributed by atoms with van der Waals surface area (Å²) in [6.07, 6.45) is 4.74. The van der Waals surface area contributed by atoms with Crippen molar-refractivity contribution in [3.63, 3.8) is 0 Å². The molecule has 0 saturated carbocycles. The summed E-state index contributed by atoms with van der Waals surface area (Å²) >= 11 is 0. The van der Waals surface area contributed by atoms with Crippen molar-refractivity contribution >= 4 is 5.91 Å². The van der Waals surface area contributed by atoms with Gasteiger partial charge in [-0.05, 0) is 44.7 Å². The zero-order valence-corrected chi connectivity index (χ0v) is 9.30. The van der Waals surface area contributed by atoms with Crippen molar-refractivity contribution in [2.24, 2.45) is 5.92 Å². The normalized spacial score (nSPS) is 21.3. The van der Waals surface area contributed by atoms with E-state index in [1.165, 1.54) is 12.8 Å². The van der Waals surface area contributed by atoms with Crippen molar-refractivity contribution < 1.29 is 9.90 Å². The van der Waals surface area contributed by atoms with Crippen LogP contribution < -0.4 is 10.6 Å². The third-order valence-electron chi connectivity index (χ3n) is 2.84. The van der Waals surface area contributed by atoms with Gasteiger partial charge in [-0.15, -0.1) is 0 Å². The van der Waals surface area contributed by atoms with Gasteiger partial charge in [0, 0.05) is 19.6 Å². The molecule has 0 aromatic rings. The molecule has 1 amide bonds. The molecular weight excluding hydrogens is 192 g/mol. The van der Waals surface area contributed by atoms with Crippen molar-refractivity contribution in [2.75, 3.05) is 26.2 Å². The van der Waals surface area contributed by atoms with Gasteiger partial charge in [0.15, 0.2) is 0 Å². The monoisotopic (exact) mass is 214 g/mol. The van der Waals surface area contributed by atoms with E-state index in [4.69, 9.17) is 5.11 Å². The molecule has 0 spiro atoms. The maximum atomic E-state index is 11.3. The van der Waals surface area contributed by atoms with E-state index in [2.05, 4.69) is 10.6 Å². The second-order valence-electron chi connectivity index (χ2n) is 4.18. The van der Waals surface area contributed by atoms with Crippen LogP contribution in [0.4, 0.5) is 0 Å². The summed E-state index contributed by atoms with van der Waals surface area (Å²) in [5.41, 5.74) is 0. The molecule has 1 rings (SSSR count). The number of aliphatic hydroxyl groups excluding tert-OH is 1. The van der Waals surface area contributed by atoms with Crippen molar-refractivity contribution in [1.29, 1.82) is 0 Å². The van der Waals surface area contributed by atoms with Crippen LogP contribution in [0, 0.1) is 5.92 Å². The Morgan fingerprint density at radius 2 is 2.40 bits per heavy atom. The van der Waals surface area contributed by atoms with Gasteiger partial charge in [0.2, 0.25) is 5.91 Å². The Morgan fingerprint density at radius 1 is 1.53 bits per heavy atom. The van der Waals surface area contributed by atoms with Gasteiger partial charge in [0.05, 0.1) is 0 Å². The third-order valence-corrected chi connectivity index (χ3v) is 2.84. The fourth-order valence-corrected chi connectivity index (χ4v) is 1.90. The molecule has 0 bridgehead atoms. The highest BCUT2D eigenvalue weighted by atomic mass is 16.3. The Morgan fingerprint density at radius 3 is 3.07 bits per heavy atom. The number of hydrogen-bond acceptors (Lipinski definition) is 3. The van der Waals surface area contributed by atoms with Crippen LogP contribution in [0.3, 0.4) is 0 Å². The predicted octanol–water partition coefficient (Wildman–Crippen LogP) is 0.265. The molecule has 0 aromatic carbocycles. The molecule has 88 valence electrons. The van der Waals surface area contributed by atoms with Crippen LogP contribution in [0.25, 0.3) is 0 Å². The van der Waals surface area contributed by atoms with Crippen molar-refractivity contribution in [3.05, 3.63) is 0 Å². The zero-order chi connectivity index (χ0) is 10.9. The first-order valence-corrected chi connectivity index (χ1v) is 5.91. The Hall–Kier alpha value is -0.610. The molecule has 0 aliphatic carbocycles. The van der Waals surface area contributed by atoms with E-state index in [9.17, 15) is 4.79 Å². The highest BCUT2D eigenvalue weighted by Gasteiger charge is 2.13. The molecule has 15 heavy (non-hydrogen) atoms. The SMILES string of the molecule is O=C(CCC1CCCNC1)NCCCO. The van der Waals surface area contributed by atoms with E-state index in [1.807, 2.05) is 0 Å². The second-order valence-corrected chi connectivity index (χ2v) is 4.18. The summed E-state index contributed by atoms with van der Waals surface area (Å²) in [4.78, 5) is 11.3. The topological polar surface area (TPSA) is 61.4 Å². The van der Waals surface area contributed by atoms with Crippen LogP contribution in [0.15, 0.2) is 0 Å². The maximum Gasteiger partial charge on any atom is 0.220 e. The fraction of sp³-hybridized carbons (Fsp3) is 0.909. The van der Waals surface area contributed by atoms with Crippen LogP contribution in [-0.2, 0) is 4.79 Å². The van der Waals surface area contributed by atoms with Crippen molar-refractivity contribution in [3.8, 4) is 0 Å². The lowest BCUT2D eigenvalue weighted by Crippen LogP contribution is -2.31. The molecule has 1 aliphatic heterocycles. The fourth-order valence-electron chi connectivity index (χ4n) is 1.90. The van der Waals surface area contributed by atoms with Gasteiger partial charge >= 0.3 is 0 Å². The summed E-state index contributed by atoms with van der Waals surface area (Å²) < 4.78 is 0. The quantitative estimate of drug-likeness (QED) is 0.556. The maximum absolute atomic E-state index is 11.3. The van der Waals surface area contributed by atoms with Crippen LogP contribution >= 0.6 is 0 Å². The Bertz CT molecular complexity index is 179. The first-order chi connectivity index (χ1) is 7.33. The average molecular weight is 214 g/mol. The minimum Gasteiger partial charge on any atom is -0.396 e. The average Bonchev–Trinajstić information content (AvgIpc) is 2.28. The van der Waals surface area contributed by atoms with Gasteiger partial charge in [0.25, 0.3) is 0 Å². The molecule has 0 aromatic heterocycles. The van der Waals surface area contributed by atoms with Gasteiger partial charge in [-0.25, -0.2) is 0 Å². The first-order valence-electron chi connectivity index (χ1n) is 5.91. The summed E-state index contributed by atoms with van der Waals surface area (Å²) in [5, 5.41) is 14.7. The molecule has 1 fully saturated rings. The smallest absolute Gasteiger partial charge is 0.220 e. The number of piperidine rings is 1. The molecule has 3 N–H and O–H groups in total. The molecule has 1 atom stereocenters. The molecule has 1 saturated heterocycles. The first kappa shape index (κ1) is 12.5. The predicted molar refractivity (Wildman–Crippen MR) is 59.5 cm³/mol. The summed E-state index contributed by atoms with van der Waals surface area (Å²) in [6, 6.07) is 0. The van der Waals surface area contributed by atoms with Crippen LogP contribution in [-0.4, -0.2) is 37.3 Å². The molecule has 1 aliphatic rings. The minimum absolute atomic E-state index is 0.119. The number of carbonyl (C=O) groups is 1. The van der Waals surface area contributed by atoms with E-state index < -0.39 is 0 Å². The van der Waals surface area contributed by atoms with Gasteiger partial charge in [0.1, 0.15) is 0 Å². The standard InChI is InChI=1S/C11H22N2O2/c14-8-2-7-13-11(15)5-4-10-3-1-6-12-9-10/h10,12,14H,1-9H2,(H,13,15). The number of hydrogen-bond donors (Lipinski definition) is 3. The van der Waals surface area contributed by atoms with Gasteiger partial charge < -0.3 is 15.7 Å². The number of nitrogens with one attached hydrogen (secondary N) is 2. The highest BCUT2D eigenvalue weighted by molar-refractivity contribution is 5.75. The highest BCUT2D eigenvalue weighted by Crippen LogP contribution is 2.15. The van der Waals surface area contributed by atoms with E-state index in [0.717, 1.165) is 19.5 Å². The summed E-state index contributed by atoms with van der Waals surface area (Å²) in [5.74, 6) is 0.788. The number of aliphatic hydroxyl groups is 1.